The van der Waals surface area contributed by atoms with Gasteiger partial charge in [0.2, 0.25) is 0 Å². The van der Waals surface area contributed by atoms with Crippen molar-refractivity contribution in [3.05, 3.63) is 24.0 Å². The molecule has 18 heavy (non-hydrogen) atoms. The molecule has 0 bridgehead atoms. The van der Waals surface area contributed by atoms with Crippen LogP contribution in [0.4, 0.5) is 0 Å². The minimum absolute atomic E-state index is 0.212. The van der Waals surface area contributed by atoms with E-state index in [1.807, 2.05) is 0 Å². The fourth-order valence-corrected chi connectivity index (χ4v) is 2.20. The van der Waals surface area contributed by atoms with E-state index >= 15 is 0 Å². The van der Waals surface area contributed by atoms with Crippen LogP contribution in [-0.2, 0) is 0 Å². The molecule has 1 saturated carbocycles. The molecule has 0 saturated heterocycles. The lowest BCUT2D eigenvalue weighted by molar-refractivity contribution is 0.0957. The third-order valence-electron chi connectivity index (χ3n) is 3.32. The van der Waals surface area contributed by atoms with Crippen molar-refractivity contribution in [3.63, 3.8) is 0 Å². The van der Waals surface area contributed by atoms with Crippen molar-refractivity contribution in [3.8, 4) is 5.75 Å². The number of nitrogens with two attached hydrogens (primary N) is 1. The van der Waals surface area contributed by atoms with Gasteiger partial charge in [0, 0.05) is 19.3 Å². The number of amides is 1. The molecule has 0 aliphatic heterocycles. The predicted octanol–water partition coefficient (Wildman–Crippen LogP) is 1.09. The Bertz CT molecular complexity index is 428. The van der Waals surface area contributed by atoms with E-state index in [1.165, 1.54) is 12.8 Å². The van der Waals surface area contributed by atoms with Crippen LogP contribution in [0.25, 0.3) is 0 Å². The van der Waals surface area contributed by atoms with Gasteiger partial charge in [-0.1, -0.05) is 12.8 Å². The molecule has 0 aromatic carbocycles. The largest absolute Gasteiger partial charge is 0.492 e. The monoisotopic (exact) mass is 249 g/mol. The quantitative estimate of drug-likeness (QED) is 0.837. The molecule has 5 heteroatoms. The topological polar surface area (TPSA) is 77.2 Å². The van der Waals surface area contributed by atoms with Crippen molar-refractivity contribution in [1.82, 2.24) is 10.3 Å². The Morgan fingerprint density at radius 3 is 2.94 bits per heavy atom. The summed E-state index contributed by atoms with van der Waals surface area (Å²) < 4.78 is 5.68. The number of carbonyl (C=O) groups is 1. The highest BCUT2D eigenvalue weighted by Gasteiger charge is 2.30. The summed E-state index contributed by atoms with van der Waals surface area (Å²) in [4.78, 5) is 15.4. The van der Waals surface area contributed by atoms with Crippen LogP contribution in [0.1, 0.15) is 36.2 Å². The molecular formula is C13H19N3O2. The molecule has 0 atom stereocenters. The maximum absolute atomic E-state index is 11.4. The third-order valence-corrected chi connectivity index (χ3v) is 3.32. The number of hydrogen-bond donors (Lipinski definition) is 2. The highest BCUT2D eigenvalue weighted by atomic mass is 16.5. The van der Waals surface area contributed by atoms with Gasteiger partial charge >= 0.3 is 0 Å². The summed E-state index contributed by atoms with van der Waals surface area (Å²) in [6.45, 7) is 0.490. The molecule has 5 nitrogen and oxygen atoms in total. The zero-order chi connectivity index (χ0) is 13.0. The van der Waals surface area contributed by atoms with Gasteiger partial charge in [-0.15, -0.1) is 0 Å². The van der Waals surface area contributed by atoms with Crippen LogP contribution in [-0.4, -0.2) is 30.1 Å². The first kappa shape index (κ1) is 12.8. The molecule has 3 N–H and O–H groups in total. The van der Waals surface area contributed by atoms with Crippen molar-refractivity contribution < 1.29 is 9.53 Å². The SMILES string of the molecule is CNC(=O)c1cc(OCC2(N)CCCC2)ccn1. The van der Waals surface area contributed by atoms with E-state index in [9.17, 15) is 4.79 Å². The van der Waals surface area contributed by atoms with Crippen LogP contribution in [0.3, 0.4) is 0 Å². The fourth-order valence-electron chi connectivity index (χ4n) is 2.20. The lowest BCUT2D eigenvalue weighted by Crippen LogP contribution is -2.42. The van der Waals surface area contributed by atoms with Gasteiger partial charge in [-0.3, -0.25) is 9.78 Å². The van der Waals surface area contributed by atoms with Crippen molar-refractivity contribution >= 4 is 5.91 Å². The molecule has 0 radical (unpaired) electrons. The lowest BCUT2D eigenvalue weighted by Gasteiger charge is -2.23. The van der Waals surface area contributed by atoms with E-state index in [-0.39, 0.29) is 11.4 Å². The normalized spacial score (nSPS) is 17.4. The van der Waals surface area contributed by atoms with Crippen LogP contribution < -0.4 is 15.8 Å². The number of rotatable bonds is 4. The van der Waals surface area contributed by atoms with Crippen molar-refractivity contribution in [1.29, 1.82) is 0 Å². The molecule has 1 aliphatic carbocycles. The van der Waals surface area contributed by atoms with E-state index in [2.05, 4.69) is 10.3 Å². The standard InChI is InChI=1S/C13H19N3O2/c1-15-12(17)11-8-10(4-7-16-11)18-9-13(14)5-2-3-6-13/h4,7-8H,2-3,5-6,9,14H2,1H3,(H,15,17). The van der Waals surface area contributed by atoms with Gasteiger partial charge in [-0.05, 0) is 18.9 Å². The van der Waals surface area contributed by atoms with Crippen LogP contribution >= 0.6 is 0 Å². The summed E-state index contributed by atoms with van der Waals surface area (Å²) in [6, 6.07) is 3.38. The number of pyridine rings is 1. The van der Waals surface area contributed by atoms with Crippen molar-refractivity contribution in [2.45, 2.75) is 31.2 Å². The molecule has 1 amide bonds. The zero-order valence-electron chi connectivity index (χ0n) is 10.6. The van der Waals surface area contributed by atoms with Gasteiger partial charge in [0.05, 0.1) is 5.54 Å². The average molecular weight is 249 g/mol. The Balaban J connectivity index is 1.99. The summed E-state index contributed by atoms with van der Waals surface area (Å²) in [6.07, 6.45) is 5.90. The highest BCUT2D eigenvalue weighted by Crippen LogP contribution is 2.27. The van der Waals surface area contributed by atoms with Gasteiger partial charge in [0.25, 0.3) is 5.91 Å². The summed E-state index contributed by atoms with van der Waals surface area (Å²) in [5.41, 5.74) is 6.35. The first-order valence-electron chi connectivity index (χ1n) is 6.23. The Morgan fingerprint density at radius 2 is 2.28 bits per heavy atom. The van der Waals surface area contributed by atoms with E-state index in [4.69, 9.17) is 10.5 Å². The Kier molecular flexibility index (Phi) is 3.81. The minimum Gasteiger partial charge on any atom is -0.492 e. The van der Waals surface area contributed by atoms with Crippen LogP contribution in [0.15, 0.2) is 18.3 Å². The van der Waals surface area contributed by atoms with E-state index in [0.717, 1.165) is 12.8 Å². The molecule has 98 valence electrons. The highest BCUT2D eigenvalue weighted by molar-refractivity contribution is 5.92. The summed E-state index contributed by atoms with van der Waals surface area (Å²) in [5, 5.41) is 2.53. The molecule has 1 fully saturated rings. The first-order valence-corrected chi connectivity index (χ1v) is 6.23. The maximum Gasteiger partial charge on any atom is 0.269 e. The van der Waals surface area contributed by atoms with Gasteiger partial charge in [-0.2, -0.15) is 0 Å². The van der Waals surface area contributed by atoms with Gasteiger partial charge < -0.3 is 15.8 Å². The number of aromatic nitrogens is 1. The number of hydrogen-bond acceptors (Lipinski definition) is 4. The molecule has 1 heterocycles. The van der Waals surface area contributed by atoms with Crippen LogP contribution in [0, 0.1) is 0 Å². The molecule has 2 rings (SSSR count). The minimum atomic E-state index is -0.219. The van der Waals surface area contributed by atoms with Gasteiger partial charge in [0.1, 0.15) is 18.1 Å². The lowest BCUT2D eigenvalue weighted by atomic mass is 10.0. The average Bonchev–Trinajstić information content (AvgIpc) is 2.83. The summed E-state index contributed by atoms with van der Waals surface area (Å²) >= 11 is 0. The number of nitrogens with one attached hydrogen (secondary N) is 1. The van der Waals surface area contributed by atoms with E-state index in [1.54, 1.807) is 25.4 Å². The van der Waals surface area contributed by atoms with Crippen LogP contribution in [0.5, 0.6) is 5.75 Å². The first-order chi connectivity index (χ1) is 8.63. The van der Waals surface area contributed by atoms with Gasteiger partial charge in [-0.25, -0.2) is 0 Å². The number of ether oxygens (including phenoxy) is 1. The summed E-state index contributed by atoms with van der Waals surface area (Å²) in [5.74, 6) is 0.420. The second-order valence-electron chi connectivity index (χ2n) is 4.81. The second-order valence-corrected chi connectivity index (χ2v) is 4.81. The van der Waals surface area contributed by atoms with Crippen molar-refractivity contribution in [2.75, 3.05) is 13.7 Å². The maximum atomic E-state index is 11.4. The predicted molar refractivity (Wildman–Crippen MR) is 68.5 cm³/mol. The molecule has 1 aliphatic rings. The number of carbonyl (C=O) groups excluding carboxylic acids is 1. The van der Waals surface area contributed by atoms with Gasteiger partial charge in [0.15, 0.2) is 0 Å². The Hall–Kier alpha value is -1.62. The second kappa shape index (κ2) is 5.35. The molecule has 1 aromatic heterocycles. The Morgan fingerprint density at radius 1 is 1.56 bits per heavy atom. The molecule has 1 aromatic rings. The van der Waals surface area contributed by atoms with E-state index < -0.39 is 0 Å². The summed E-state index contributed by atoms with van der Waals surface area (Å²) in [7, 11) is 1.57. The zero-order valence-corrected chi connectivity index (χ0v) is 10.6. The fraction of sp³-hybridized carbons (Fsp3) is 0.538. The molecular weight excluding hydrogens is 230 g/mol. The molecule has 0 spiro atoms. The van der Waals surface area contributed by atoms with E-state index in [0.29, 0.717) is 18.1 Å². The third kappa shape index (κ3) is 2.98. The molecule has 0 unspecified atom stereocenters. The van der Waals surface area contributed by atoms with Crippen LogP contribution in [0.2, 0.25) is 0 Å². The van der Waals surface area contributed by atoms with Crippen molar-refractivity contribution in [2.24, 2.45) is 5.73 Å². The Labute approximate surface area is 107 Å². The number of nitrogens with zero attached hydrogens (tertiary/aromatic N) is 1. The smallest absolute Gasteiger partial charge is 0.269 e.